The maximum Gasteiger partial charge on any atom is 0.327 e. The van der Waals surface area contributed by atoms with E-state index in [0.29, 0.717) is 12.6 Å². The van der Waals surface area contributed by atoms with Crippen molar-refractivity contribution in [3.05, 3.63) is 29.8 Å². The maximum atomic E-state index is 12.2. The molecule has 0 heterocycles. The van der Waals surface area contributed by atoms with Gasteiger partial charge in [-0.15, -0.1) is 0 Å². The summed E-state index contributed by atoms with van der Waals surface area (Å²) in [4.78, 5) is 12.2. The summed E-state index contributed by atoms with van der Waals surface area (Å²) in [5.41, 5.74) is 0.898. The Morgan fingerprint density at radius 3 is 2.80 bits per heavy atom. The van der Waals surface area contributed by atoms with Crippen molar-refractivity contribution in [3.63, 3.8) is 0 Å². The lowest BCUT2D eigenvalue weighted by Crippen LogP contribution is -2.36. The number of carbonyl (C=O) groups excluding carboxylic acids is 1. The number of nitrogens with one attached hydrogen (secondary N) is 1. The highest BCUT2D eigenvalue weighted by Gasteiger charge is 2.26. The van der Waals surface area contributed by atoms with Crippen LogP contribution in [0.5, 0.6) is 5.75 Å². The van der Waals surface area contributed by atoms with Gasteiger partial charge in [0.2, 0.25) is 0 Å². The Morgan fingerprint density at radius 1 is 1.40 bits per heavy atom. The van der Waals surface area contributed by atoms with E-state index in [1.54, 1.807) is 7.11 Å². The van der Waals surface area contributed by atoms with Crippen molar-refractivity contribution in [2.45, 2.75) is 44.7 Å². The molecule has 20 heavy (non-hydrogen) atoms. The van der Waals surface area contributed by atoms with Gasteiger partial charge in [-0.3, -0.25) is 5.32 Å². The van der Waals surface area contributed by atoms with Gasteiger partial charge in [-0.05, 0) is 37.5 Å². The normalized spacial score (nSPS) is 16.9. The quantitative estimate of drug-likeness (QED) is 0.812. The number of hydrogen-bond acceptors (Lipinski definition) is 4. The van der Waals surface area contributed by atoms with Crippen LogP contribution in [0.4, 0.5) is 0 Å². The molecule has 1 unspecified atom stereocenters. The predicted octanol–water partition coefficient (Wildman–Crippen LogP) is 2.83. The SMILES string of the molecule is CCOC(=O)C(NC1CCCC1)c1cccc(OC)c1. The van der Waals surface area contributed by atoms with Crippen molar-refractivity contribution in [3.8, 4) is 5.75 Å². The van der Waals surface area contributed by atoms with E-state index in [2.05, 4.69) is 5.32 Å². The van der Waals surface area contributed by atoms with Crippen LogP contribution in [0.25, 0.3) is 0 Å². The van der Waals surface area contributed by atoms with E-state index in [1.807, 2.05) is 31.2 Å². The molecule has 1 fully saturated rings. The molecule has 0 spiro atoms. The minimum atomic E-state index is -0.409. The topological polar surface area (TPSA) is 47.6 Å². The monoisotopic (exact) mass is 277 g/mol. The summed E-state index contributed by atoms with van der Waals surface area (Å²) in [7, 11) is 1.63. The van der Waals surface area contributed by atoms with Crippen LogP contribution in [0, 0.1) is 0 Å². The van der Waals surface area contributed by atoms with Gasteiger partial charge in [0, 0.05) is 6.04 Å². The Labute approximate surface area is 120 Å². The number of methoxy groups -OCH3 is 1. The summed E-state index contributed by atoms with van der Waals surface area (Å²) in [5, 5.41) is 3.44. The van der Waals surface area contributed by atoms with Gasteiger partial charge in [-0.25, -0.2) is 4.79 Å². The first-order valence-electron chi connectivity index (χ1n) is 7.31. The van der Waals surface area contributed by atoms with Crippen LogP contribution in [0.15, 0.2) is 24.3 Å². The molecular weight excluding hydrogens is 254 g/mol. The third kappa shape index (κ3) is 3.73. The zero-order valence-electron chi connectivity index (χ0n) is 12.2. The molecule has 1 aromatic rings. The molecule has 2 rings (SSSR count). The van der Waals surface area contributed by atoms with Crippen molar-refractivity contribution in [2.75, 3.05) is 13.7 Å². The molecule has 1 aliphatic carbocycles. The molecule has 0 saturated heterocycles. The lowest BCUT2D eigenvalue weighted by atomic mass is 10.0. The highest BCUT2D eigenvalue weighted by molar-refractivity contribution is 5.77. The summed E-state index contributed by atoms with van der Waals surface area (Å²) in [6, 6.07) is 7.59. The number of carbonyl (C=O) groups is 1. The van der Waals surface area contributed by atoms with Crippen molar-refractivity contribution < 1.29 is 14.3 Å². The number of benzene rings is 1. The molecule has 0 amide bonds. The summed E-state index contributed by atoms with van der Waals surface area (Å²) < 4.78 is 10.4. The van der Waals surface area contributed by atoms with Crippen molar-refractivity contribution in [1.82, 2.24) is 5.32 Å². The highest BCUT2D eigenvalue weighted by Crippen LogP contribution is 2.25. The molecule has 0 radical (unpaired) electrons. The van der Waals surface area contributed by atoms with Gasteiger partial charge in [-0.1, -0.05) is 25.0 Å². The molecule has 0 aromatic heterocycles. The van der Waals surface area contributed by atoms with Crippen molar-refractivity contribution in [2.24, 2.45) is 0 Å². The van der Waals surface area contributed by atoms with Crippen LogP contribution in [0.3, 0.4) is 0 Å². The Hall–Kier alpha value is -1.55. The fourth-order valence-electron chi connectivity index (χ4n) is 2.68. The summed E-state index contributed by atoms with van der Waals surface area (Å²) in [5.74, 6) is 0.540. The van der Waals surface area contributed by atoms with Gasteiger partial charge in [0.05, 0.1) is 13.7 Å². The Morgan fingerprint density at radius 2 is 2.15 bits per heavy atom. The lowest BCUT2D eigenvalue weighted by Gasteiger charge is -2.22. The Bertz CT molecular complexity index is 441. The maximum absolute atomic E-state index is 12.2. The van der Waals surface area contributed by atoms with E-state index in [0.717, 1.165) is 24.2 Å². The van der Waals surface area contributed by atoms with Gasteiger partial charge in [-0.2, -0.15) is 0 Å². The zero-order chi connectivity index (χ0) is 14.4. The van der Waals surface area contributed by atoms with Crippen molar-refractivity contribution >= 4 is 5.97 Å². The van der Waals surface area contributed by atoms with Gasteiger partial charge < -0.3 is 9.47 Å². The van der Waals surface area contributed by atoms with Crippen LogP contribution in [-0.2, 0) is 9.53 Å². The molecule has 1 saturated carbocycles. The molecule has 110 valence electrons. The van der Waals surface area contributed by atoms with Gasteiger partial charge in [0.15, 0.2) is 0 Å². The minimum absolute atomic E-state index is 0.215. The standard InChI is InChI=1S/C16H23NO3/c1-3-20-16(18)15(17-13-8-4-5-9-13)12-7-6-10-14(11-12)19-2/h6-7,10-11,13,15,17H,3-5,8-9H2,1-2H3. The first-order valence-corrected chi connectivity index (χ1v) is 7.31. The second kappa shape index (κ2) is 7.29. The number of hydrogen-bond donors (Lipinski definition) is 1. The Kier molecular flexibility index (Phi) is 5.41. The molecule has 1 N–H and O–H groups in total. The summed E-state index contributed by atoms with van der Waals surface area (Å²) in [6.07, 6.45) is 4.70. The van der Waals surface area contributed by atoms with Crippen LogP contribution >= 0.6 is 0 Å². The van der Waals surface area contributed by atoms with Gasteiger partial charge >= 0.3 is 5.97 Å². The van der Waals surface area contributed by atoms with Gasteiger partial charge in [0.25, 0.3) is 0 Å². The van der Waals surface area contributed by atoms with Crippen LogP contribution < -0.4 is 10.1 Å². The molecule has 1 aromatic carbocycles. The smallest absolute Gasteiger partial charge is 0.327 e. The second-order valence-corrected chi connectivity index (χ2v) is 5.11. The van der Waals surface area contributed by atoms with Crippen LogP contribution in [0.1, 0.15) is 44.2 Å². The Balaban J connectivity index is 2.17. The molecule has 1 atom stereocenters. The molecular formula is C16H23NO3. The molecule has 1 aliphatic rings. The third-order valence-electron chi connectivity index (χ3n) is 3.71. The van der Waals surface area contributed by atoms with E-state index in [4.69, 9.17) is 9.47 Å². The van der Waals surface area contributed by atoms with E-state index in [9.17, 15) is 4.79 Å². The molecule has 4 heteroatoms. The average molecular weight is 277 g/mol. The average Bonchev–Trinajstić information content (AvgIpc) is 2.98. The largest absolute Gasteiger partial charge is 0.497 e. The predicted molar refractivity (Wildman–Crippen MR) is 77.8 cm³/mol. The van der Waals surface area contributed by atoms with E-state index in [-0.39, 0.29) is 5.97 Å². The van der Waals surface area contributed by atoms with E-state index >= 15 is 0 Å². The fourth-order valence-corrected chi connectivity index (χ4v) is 2.68. The fraction of sp³-hybridized carbons (Fsp3) is 0.562. The van der Waals surface area contributed by atoms with E-state index in [1.165, 1.54) is 12.8 Å². The first kappa shape index (κ1) is 14.9. The molecule has 0 aliphatic heterocycles. The van der Waals surface area contributed by atoms with Crippen molar-refractivity contribution in [1.29, 1.82) is 0 Å². The summed E-state index contributed by atoms with van der Waals surface area (Å²) >= 11 is 0. The number of esters is 1. The van der Waals surface area contributed by atoms with Crippen LogP contribution in [-0.4, -0.2) is 25.7 Å². The molecule has 4 nitrogen and oxygen atoms in total. The van der Waals surface area contributed by atoms with E-state index < -0.39 is 6.04 Å². The number of rotatable bonds is 6. The summed E-state index contributed by atoms with van der Waals surface area (Å²) in [6.45, 7) is 2.22. The zero-order valence-corrected chi connectivity index (χ0v) is 12.2. The lowest BCUT2D eigenvalue weighted by molar-refractivity contribution is -0.146. The van der Waals surface area contributed by atoms with Crippen LogP contribution in [0.2, 0.25) is 0 Å². The molecule has 0 bridgehead atoms. The highest BCUT2D eigenvalue weighted by atomic mass is 16.5. The third-order valence-corrected chi connectivity index (χ3v) is 3.71. The first-order chi connectivity index (χ1) is 9.74. The minimum Gasteiger partial charge on any atom is -0.497 e. The second-order valence-electron chi connectivity index (χ2n) is 5.11. The number of ether oxygens (including phenoxy) is 2. The van der Waals surface area contributed by atoms with Gasteiger partial charge in [0.1, 0.15) is 11.8 Å².